The molecule has 1 aromatic rings. The third kappa shape index (κ3) is 3.16. The van der Waals surface area contributed by atoms with Gasteiger partial charge in [0.2, 0.25) is 0 Å². The second-order valence-corrected chi connectivity index (χ2v) is 5.92. The molecule has 1 aromatic carbocycles. The summed E-state index contributed by atoms with van der Waals surface area (Å²) in [6.45, 7) is 4.86. The van der Waals surface area contributed by atoms with E-state index in [-0.39, 0.29) is 6.10 Å². The molecule has 2 unspecified atom stereocenters. The zero-order chi connectivity index (χ0) is 13.1. The van der Waals surface area contributed by atoms with Gasteiger partial charge in [0.15, 0.2) is 0 Å². The quantitative estimate of drug-likeness (QED) is 0.811. The number of aliphatic hydroxyl groups excluding tert-OH is 1. The zero-order valence-corrected chi connectivity index (χ0v) is 11.5. The van der Waals surface area contributed by atoms with Crippen LogP contribution in [0.2, 0.25) is 0 Å². The number of benzene rings is 1. The molecule has 0 radical (unpaired) electrons. The molecule has 104 valence electrons. The molecule has 0 amide bonds. The van der Waals surface area contributed by atoms with E-state index in [0.717, 1.165) is 32.7 Å². The lowest BCUT2D eigenvalue weighted by Crippen LogP contribution is -2.39. The van der Waals surface area contributed by atoms with E-state index in [1.54, 1.807) is 0 Å². The molecule has 1 fully saturated rings. The summed E-state index contributed by atoms with van der Waals surface area (Å²) in [4.78, 5) is 2.37. The Balaban J connectivity index is 1.35. The number of likely N-dealkylation sites (tertiary alicyclic amines) is 1. The van der Waals surface area contributed by atoms with Crippen LogP contribution in [0.5, 0.6) is 0 Å². The van der Waals surface area contributed by atoms with E-state index in [9.17, 15) is 5.11 Å². The fourth-order valence-corrected chi connectivity index (χ4v) is 3.30. The fourth-order valence-electron chi connectivity index (χ4n) is 3.30. The summed E-state index contributed by atoms with van der Waals surface area (Å²) < 4.78 is 0. The maximum Gasteiger partial charge on any atom is 0.0791 e. The first-order valence-electron chi connectivity index (χ1n) is 7.52. The van der Waals surface area contributed by atoms with Crippen LogP contribution >= 0.6 is 0 Å². The van der Waals surface area contributed by atoms with Crippen LogP contribution in [0, 0.1) is 0 Å². The Morgan fingerprint density at radius 3 is 2.84 bits per heavy atom. The van der Waals surface area contributed by atoms with Gasteiger partial charge >= 0.3 is 0 Å². The number of fused-ring (bicyclic) bond motifs is 1. The molecule has 1 heterocycles. The van der Waals surface area contributed by atoms with Crippen LogP contribution in [-0.2, 0) is 6.42 Å². The first-order chi connectivity index (χ1) is 9.33. The van der Waals surface area contributed by atoms with E-state index >= 15 is 0 Å². The maximum absolute atomic E-state index is 10.0. The summed E-state index contributed by atoms with van der Waals surface area (Å²) in [6, 6.07) is 8.68. The van der Waals surface area contributed by atoms with E-state index in [1.165, 1.54) is 30.4 Å². The molecule has 3 nitrogen and oxygen atoms in total. The van der Waals surface area contributed by atoms with Crippen LogP contribution < -0.4 is 5.32 Å². The second kappa shape index (κ2) is 6.04. The van der Waals surface area contributed by atoms with Crippen LogP contribution in [0.1, 0.15) is 29.9 Å². The van der Waals surface area contributed by atoms with Crippen molar-refractivity contribution in [3.8, 4) is 0 Å². The normalized spacial score (nSPS) is 23.9. The van der Waals surface area contributed by atoms with Gasteiger partial charge in [0.1, 0.15) is 0 Å². The number of aliphatic hydroxyl groups is 1. The number of hydrogen-bond donors (Lipinski definition) is 2. The van der Waals surface area contributed by atoms with Crippen molar-refractivity contribution in [1.82, 2.24) is 10.2 Å². The lowest BCUT2D eigenvalue weighted by molar-refractivity contribution is 0.123. The van der Waals surface area contributed by atoms with Crippen molar-refractivity contribution in [1.29, 1.82) is 0 Å². The second-order valence-electron chi connectivity index (χ2n) is 5.92. The number of rotatable bonds is 6. The highest BCUT2D eigenvalue weighted by Crippen LogP contribution is 2.33. The van der Waals surface area contributed by atoms with Gasteiger partial charge in [-0.15, -0.1) is 0 Å². The van der Waals surface area contributed by atoms with Gasteiger partial charge in [-0.05, 0) is 43.5 Å². The first-order valence-corrected chi connectivity index (χ1v) is 7.52. The highest BCUT2D eigenvalue weighted by Gasteiger charge is 2.25. The Bertz CT molecular complexity index is 415. The zero-order valence-electron chi connectivity index (χ0n) is 11.5. The molecule has 0 saturated carbocycles. The minimum absolute atomic E-state index is 0.228. The lowest BCUT2D eigenvalue weighted by Gasteiger charge is -2.30. The minimum atomic E-state index is -0.228. The van der Waals surface area contributed by atoms with E-state index in [4.69, 9.17) is 0 Å². The molecule has 1 aliphatic carbocycles. The summed E-state index contributed by atoms with van der Waals surface area (Å²) in [5.41, 5.74) is 2.98. The largest absolute Gasteiger partial charge is 0.390 e. The Labute approximate surface area is 115 Å². The average molecular weight is 260 g/mol. The SMILES string of the molecule is OC(CNCC1Cc2ccccc21)CN1CCCC1. The Morgan fingerprint density at radius 1 is 1.26 bits per heavy atom. The molecule has 19 heavy (non-hydrogen) atoms. The Kier molecular flexibility index (Phi) is 4.16. The van der Waals surface area contributed by atoms with E-state index in [2.05, 4.69) is 34.5 Å². The van der Waals surface area contributed by atoms with Crippen LogP contribution in [0.3, 0.4) is 0 Å². The van der Waals surface area contributed by atoms with Gasteiger partial charge in [0.05, 0.1) is 6.10 Å². The standard InChI is InChI=1S/C16H24N2O/c19-15(12-18-7-3-4-8-18)11-17-10-14-9-13-5-1-2-6-16(13)14/h1-2,5-6,14-15,17,19H,3-4,7-12H2. The molecule has 3 rings (SSSR count). The molecule has 2 aliphatic rings. The van der Waals surface area contributed by atoms with E-state index in [0.29, 0.717) is 5.92 Å². The summed E-state index contributed by atoms with van der Waals surface area (Å²) in [7, 11) is 0. The van der Waals surface area contributed by atoms with E-state index in [1.807, 2.05) is 0 Å². The van der Waals surface area contributed by atoms with Crippen molar-refractivity contribution in [3.05, 3.63) is 35.4 Å². The molecular weight excluding hydrogens is 236 g/mol. The number of nitrogens with zero attached hydrogens (tertiary/aromatic N) is 1. The summed E-state index contributed by atoms with van der Waals surface area (Å²) in [5, 5.41) is 13.4. The lowest BCUT2D eigenvalue weighted by atomic mass is 9.77. The predicted octanol–water partition coefficient (Wildman–Crippen LogP) is 1.37. The fraction of sp³-hybridized carbons (Fsp3) is 0.625. The molecule has 0 bridgehead atoms. The van der Waals surface area contributed by atoms with Crippen LogP contribution in [-0.4, -0.2) is 48.8 Å². The Morgan fingerprint density at radius 2 is 2.05 bits per heavy atom. The summed E-state index contributed by atoms with van der Waals surface area (Å²) in [6.07, 6.45) is 3.54. The van der Waals surface area contributed by atoms with Crippen molar-refractivity contribution >= 4 is 0 Å². The summed E-state index contributed by atoms with van der Waals surface area (Å²) in [5.74, 6) is 0.648. The molecule has 0 spiro atoms. The molecule has 2 N–H and O–H groups in total. The van der Waals surface area contributed by atoms with Gasteiger partial charge in [-0.25, -0.2) is 0 Å². The van der Waals surface area contributed by atoms with E-state index < -0.39 is 0 Å². The maximum atomic E-state index is 10.0. The monoisotopic (exact) mass is 260 g/mol. The summed E-state index contributed by atoms with van der Waals surface area (Å²) >= 11 is 0. The average Bonchev–Trinajstić information content (AvgIpc) is 2.87. The third-order valence-electron chi connectivity index (χ3n) is 4.40. The molecule has 1 saturated heterocycles. The van der Waals surface area contributed by atoms with Gasteiger partial charge < -0.3 is 15.3 Å². The third-order valence-corrected chi connectivity index (χ3v) is 4.40. The molecule has 3 heteroatoms. The smallest absolute Gasteiger partial charge is 0.0791 e. The molecule has 1 aliphatic heterocycles. The van der Waals surface area contributed by atoms with Crippen molar-refractivity contribution in [2.75, 3.05) is 32.7 Å². The van der Waals surface area contributed by atoms with Crippen LogP contribution in [0.15, 0.2) is 24.3 Å². The number of hydrogen-bond acceptors (Lipinski definition) is 3. The van der Waals surface area contributed by atoms with Gasteiger partial charge in [-0.2, -0.15) is 0 Å². The molecule has 0 aromatic heterocycles. The van der Waals surface area contributed by atoms with Crippen LogP contribution in [0.4, 0.5) is 0 Å². The van der Waals surface area contributed by atoms with Gasteiger partial charge in [0, 0.05) is 25.6 Å². The van der Waals surface area contributed by atoms with Gasteiger partial charge in [0.25, 0.3) is 0 Å². The highest BCUT2D eigenvalue weighted by atomic mass is 16.3. The number of nitrogens with one attached hydrogen (secondary N) is 1. The Hall–Kier alpha value is -0.900. The van der Waals surface area contributed by atoms with Crippen molar-refractivity contribution in [3.63, 3.8) is 0 Å². The van der Waals surface area contributed by atoms with Gasteiger partial charge in [-0.1, -0.05) is 24.3 Å². The highest BCUT2D eigenvalue weighted by molar-refractivity contribution is 5.40. The minimum Gasteiger partial charge on any atom is -0.390 e. The number of β-amino-alcohol motifs (C(OH)–C–C–N with tert-alkyl or cyclic N) is 1. The van der Waals surface area contributed by atoms with Crippen LogP contribution in [0.25, 0.3) is 0 Å². The molecular formula is C16H24N2O. The van der Waals surface area contributed by atoms with Crippen molar-refractivity contribution in [2.24, 2.45) is 0 Å². The topological polar surface area (TPSA) is 35.5 Å². The molecule has 2 atom stereocenters. The van der Waals surface area contributed by atoms with Gasteiger partial charge in [-0.3, -0.25) is 0 Å². The first kappa shape index (κ1) is 13.1. The van der Waals surface area contributed by atoms with Crippen molar-refractivity contribution in [2.45, 2.75) is 31.3 Å². The van der Waals surface area contributed by atoms with Crippen molar-refractivity contribution < 1.29 is 5.11 Å². The predicted molar refractivity (Wildman–Crippen MR) is 77.4 cm³/mol.